The van der Waals surface area contributed by atoms with Crippen molar-refractivity contribution in [3.63, 3.8) is 0 Å². The van der Waals surface area contributed by atoms with Crippen molar-refractivity contribution in [3.8, 4) is 57.1 Å². The van der Waals surface area contributed by atoms with E-state index >= 15 is 0 Å². The molecule has 0 fully saturated rings. The maximum Gasteiger partial charge on any atom is 0.164 e. The van der Waals surface area contributed by atoms with Crippen LogP contribution in [-0.4, -0.2) is 39.9 Å². The first kappa shape index (κ1) is 28.1. The second-order valence-electron chi connectivity index (χ2n) is 12.1. The van der Waals surface area contributed by atoms with E-state index < -0.39 is 0 Å². The first-order valence-corrected chi connectivity index (χ1v) is 16.3. The van der Waals surface area contributed by atoms with Gasteiger partial charge in [0.1, 0.15) is 34.1 Å². The third-order valence-corrected chi connectivity index (χ3v) is 9.08. The van der Waals surface area contributed by atoms with Crippen LogP contribution in [0.15, 0.2) is 128 Å². The highest BCUT2D eigenvalue weighted by molar-refractivity contribution is 6.09. The number of nitrogens with one attached hydrogen (secondary N) is 2. The zero-order valence-electron chi connectivity index (χ0n) is 26.6. The summed E-state index contributed by atoms with van der Waals surface area (Å²) in [6, 6.07) is 37.9. The second-order valence-corrected chi connectivity index (χ2v) is 12.1. The highest BCUT2D eigenvalue weighted by Crippen LogP contribution is 2.41. The van der Waals surface area contributed by atoms with E-state index in [0.717, 1.165) is 49.4 Å². The van der Waals surface area contributed by atoms with Crippen LogP contribution in [0.5, 0.6) is 11.5 Å². The number of allylic oxidation sites excluding steroid dienone is 1. The lowest BCUT2D eigenvalue weighted by Crippen LogP contribution is -1.92. The lowest BCUT2D eigenvalue weighted by Gasteiger charge is -2.12. The van der Waals surface area contributed by atoms with Gasteiger partial charge in [-0.2, -0.15) is 0 Å². The zero-order valence-corrected chi connectivity index (χ0v) is 26.6. The Bertz CT molecular complexity index is 2850. The van der Waals surface area contributed by atoms with Crippen LogP contribution in [-0.2, 0) is 6.42 Å². The standard InChI is InChI=1S/C41H26N8O/c1-2-12-23-21-22-31-32(33(23)50-24-13-4-3-5-14-24)41-48-39-30-20-11-10-19-29(30)37(46-39)44-35-26-16-7-6-15-25(26)34(42-35)43-36-27-17-8-9-18-28(27)38(45-36)47-40(31)49-41/h2-11,13-22H,1,12H2,(H2,42,43,44,45,46,47,48,49). The highest BCUT2D eigenvalue weighted by atomic mass is 16.5. The fraction of sp³-hybridized carbons (Fsp3) is 0.0244. The van der Waals surface area contributed by atoms with Crippen LogP contribution in [0.4, 0.5) is 0 Å². The number of aromatic amines is 2. The van der Waals surface area contributed by atoms with Crippen LogP contribution in [0.3, 0.4) is 0 Å². The first-order valence-electron chi connectivity index (χ1n) is 16.3. The van der Waals surface area contributed by atoms with Gasteiger partial charge >= 0.3 is 0 Å². The van der Waals surface area contributed by atoms with E-state index in [1.807, 2.05) is 109 Å². The molecule has 0 saturated carbocycles. The van der Waals surface area contributed by atoms with Crippen molar-refractivity contribution in [2.24, 2.45) is 0 Å². The molecule has 0 aliphatic carbocycles. The van der Waals surface area contributed by atoms with Crippen molar-refractivity contribution in [3.05, 3.63) is 133 Å². The first-order chi connectivity index (χ1) is 24.7. The number of fused-ring (bicyclic) bond motifs is 20. The SMILES string of the molecule is C=CCc1ccc2c3nc4nc(nc5[nH]c(nc6nc(nc([nH]3)c2c1Oc1ccccc1)-c1ccccc1-6)c1ccccc51)-c1ccccc1-4. The molecule has 5 heterocycles. The number of aromatic nitrogens is 8. The average molecular weight is 647 g/mol. The molecule has 3 aromatic heterocycles. The van der Waals surface area contributed by atoms with Gasteiger partial charge in [0.05, 0.1) is 5.39 Å². The molecule has 0 unspecified atom stereocenters. The third kappa shape index (κ3) is 4.41. The van der Waals surface area contributed by atoms with Gasteiger partial charge in [-0.05, 0) is 30.2 Å². The maximum absolute atomic E-state index is 6.66. The van der Waals surface area contributed by atoms with E-state index in [0.29, 0.717) is 63.8 Å². The predicted molar refractivity (Wildman–Crippen MR) is 196 cm³/mol. The molecule has 0 atom stereocenters. The molecule has 8 bridgehead atoms. The summed E-state index contributed by atoms with van der Waals surface area (Å²) < 4.78 is 6.66. The van der Waals surface area contributed by atoms with Gasteiger partial charge in [-0.3, -0.25) is 0 Å². The molecule has 2 aliphatic rings. The number of hydrogen-bond acceptors (Lipinski definition) is 7. The van der Waals surface area contributed by atoms with Gasteiger partial charge in [0, 0.05) is 38.4 Å². The van der Waals surface area contributed by atoms with Crippen LogP contribution in [0.2, 0.25) is 0 Å². The van der Waals surface area contributed by atoms with Crippen LogP contribution < -0.4 is 4.74 Å². The molecular weight excluding hydrogens is 621 g/mol. The Hall–Kier alpha value is -7.00. The van der Waals surface area contributed by atoms with Crippen molar-refractivity contribution in [2.75, 3.05) is 0 Å². The average Bonchev–Trinajstić information content (AvgIpc) is 3.89. The van der Waals surface area contributed by atoms with Gasteiger partial charge in [-0.1, -0.05) is 103 Å². The van der Waals surface area contributed by atoms with Crippen LogP contribution in [0.25, 0.3) is 89.7 Å². The molecule has 9 nitrogen and oxygen atoms in total. The smallest absolute Gasteiger partial charge is 0.164 e. The monoisotopic (exact) mass is 646 g/mol. The highest BCUT2D eigenvalue weighted by Gasteiger charge is 2.23. The van der Waals surface area contributed by atoms with Gasteiger partial charge in [-0.25, -0.2) is 29.9 Å². The van der Waals surface area contributed by atoms with Crippen LogP contribution >= 0.6 is 0 Å². The Morgan fingerprint density at radius 1 is 0.480 bits per heavy atom. The molecule has 10 rings (SSSR count). The van der Waals surface area contributed by atoms with E-state index in [4.69, 9.17) is 34.6 Å². The van der Waals surface area contributed by atoms with Crippen LogP contribution in [0.1, 0.15) is 5.56 Å². The summed E-state index contributed by atoms with van der Waals surface area (Å²) in [5, 5.41) is 3.47. The lowest BCUT2D eigenvalue weighted by atomic mass is 10.1. The van der Waals surface area contributed by atoms with Crippen LogP contribution in [0, 0.1) is 0 Å². The van der Waals surface area contributed by atoms with Crippen molar-refractivity contribution in [1.82, 2.24) is 39.9 Å². The van der Waals surface area contributed by atoms with Crippen molar-refractivity contribution in [1.29, 1.82) is 0 Å². The Kier molecular flexibility index (Phi) is 6.19. The van der Waals surface area contributed by atoms with Gasteiger partial charge < -0.3 is 14.7 Å². The summed E-state index contributed by atoms with van der Waals surface area (Å²) in [6.07, 6.45) is 2.47. The van der Waals surface area contributed by atoms with Crippen molar-refractivity contribution < 1.29 is 4.74 Å². The van der Waals surface area contributed by atoms with E-state index in [9.17, 15) is 0 Å². The van der Waals surface area contributed by atoms with Gasteiger partial charge in [0.2, 0.25) is 0 Å². The van der Waals surface area contributed by atoms with Gasteiger partial charge in [-0.15, -0.1) is 6.58 Å². The number of nitrogens with zero attached hydrogens (tertiary/aromatic N) is 6. The van der Waals surface area contributed by atoms with E-state index in [2.05, 4.69) is 28.7 Å². The molecule has 0 spiro atoms. The van der Waals surface area contributed by atoms with E-state index in [-0.39, 0.29) is 0 Å². The number of ether oxygens (including phenoxy) is 1. The summed E-state index contributed by atoms with van der Waals surface area (Å²) in [5.74, 6) is 3.57. The summed E-state index contributed by atoms with van der Waals surface area (Å²) in [5.41, 5.74) is 6.97. The largest absolute Gasteiger partial charge is 0.456 e. The Morgan fingerprint density at radius 2 is 0.940 bits per heavy atom. The fourth-order valence-corrected chi connectivity index (χ4v) is 6.78. The minimum atomic E-state index is 0.529. The lowest BCUT2D eigenvalue weighted by molar-refractivity contribution is 0.484. The minimum absolute atomic E-state index is 0.529. The minimum Gasteiger partial charge on any atom is -0.456 e. The summed E-state index contributed by atoms with van der Waals surface area (Å²) in [4.78, 5) is 37.6. The molecule has 0 amide bonds. The molecule has 9 heteroatoms. The van der Waals surface area contributed by atoms with Gasteiger partial charge in [0.15, 0.2) is 23.3 Å². The Morgan fingerprint density at radius 3 is 1.48 bits per heavy atom. The normalized spacial score (nSPS) is 11.8. The fourth-order valence-electron chi connectivity index (χ4n) is 6.78. The zero-order chi connectivity index (χ0) is 33.2. The maximum atomic E-state index is 6.66. The molecule has 236 valence electrons. The summed E-state index contributed by atoms with van der Waals surface area (Å²) >= 11 is 0. The number of rotatable bonds is 4. The molecule has 0 saturated heterocycles. The number of H-pyrrole nitrogens is 2. The molecule has 5 aromatic carbocycles. The second kappa shape index (κ2) is 11.0. The Labute approximate surface area is 285 Å². The topological polar surface area (TPSA) is 118 Å². The number of benzene rings is 5. The molecular formula is C41H26N8O. The molecule has 2 N–H and O–H groups in total. The number of hydrogen-bond donors (Lipinski definition) is 2. The molecule has 8 aromatic rings. The third-order valence-electron chi connectivity index (χ3n) is 9.08. The van der Waals surface area contributed by atoms with E-state index in [1.165, 1.54) is 0 Å². The number of para-hydroxylation sites is 1. The van der Waals surface area contributed by atoms with Crippen molar-refractivity contribution in [2.45, 2.75) is 6.42 Å². The van der Waals surface area contributed by atoms with Crippen molar-refractivity contribution >= 4 is 44.1 Å². The van der Waals surface area contributed by atoms with Gasteiger partial charge in [0.25, 0.3) is 0 Å². The summed E-state index contributed by atoms with van der Waals surface area (Å²) in [6.45, 7) is 4.01. The predicted octanol–water partition coefficient (Wildman–Crippen LogP) is 9.39. The molecule has 2 aliphatic heterocycles. The Balaban J connectivity index is 1.39. The molecule has 50 heavy (non-hydrogen) atoms. The molecule has 0 radical (unpaired) electrons. The van der Waals surface area contributed by atoms with E-state index in [1.54, 1.807) is 0 Å². The summed E-state index contributed by atoms with van der Waals surface area (Å²) in [7, 11) is 0. The quantitative estimate of drug-likeness (QED) is 0.183.